The second-order valence-corrected chi connectivity index (χ2v) is 13.7. The number of methoxy groups -OCH3 is 3. The molecule has 0 aliphatic rings. The van der Waals surface area contributed by atoms with Crippen molar-refractivity contribution in [3.8, 4) is 104 Å². The largest absolute Gasteiger partial charge is 0.507 e. The average Bonchev–Trinajstić information content (AvgIpc) is 3.30. The SMILES string of the molecule is CCCOCCOc1nc(-c2ccc(OC)cc2O)nc(-c2ccc(OC)cc2O)n1.CCCOc1ccc(-c2nc(OCCOC)nc(-c3ccc(OCCC)cc3O)n2)c(O)c1. The number of aromatic nitrogens is 6. The summed E-state index contributed by atoms with van der Waals surface area (Å²) < 4.78 is 43.1. The van der Waals surface area contributed by atoms with E-state index in [0.29, 0.717) is 78.3 Å². The minimum Gasteiger partial charge on any atom is -0.507 e. The number of benzene rings is 4. The lowest BCUT2D eigenvalue weighted by atomic mass is 10.1. The van der Waals surface area contributed by atoms with Gasteiger partial charge in [0.15, 0.2) is 23.3 Å². The molecule has 0 radical (unpaired) electrons. The van der Waals surface area contributed by atoms with Crippen LogP contribution < -0.4 is 28.4 Å². The fourth-order valence-electron chi connectivity index (χ4n) is 5.65. The molecule has 0 unspecified atom stereocenters. The summed E-state index contributed by atoms with van der Waals surface area (Å²) in [5.74, 6) is 2.62. The third-order valence-corrected chi connectivity index (χ3v) is 8.81. The quantitative estimate of drug-likeness (QED) is 0.0479. The highest BCUT2D eigenvalue weighted by molar-refractivity contribution is 5.72. The fourth-order valence-corrected chi connectivity index (χ4v) is 5.65. The van der Waals surface area contributed by atoms with Gasteiger partial charge in [-0.1, -0.05) is 20.8 Å². The molecule has 0 saturated carbocycles. The Morgan fingerprint density at radius 2 is 0.719 bits per heavy atom. The molecule has 18 heteroatoms. The van der Waals surface area contributed by atoms with Gasteiger partial charge < -0.3 is 58.3 Å². The van der Waals surface area contributed by atoms with Crippen LogP contribution in [0.4, 0.5) is 0 Å². The molecule has 6 aromatic rings. The van der Waals surface area contributed by atoms with Gasteiger partial charge in [0.05, 0.1) is 62.9 Å². The molecule has 0 fully saturated rings. The summed E-state index contributed by atoms with van der Waals surface area (Å²) in [5.41, 5.74) is 1.48. The van der Waals surface area contributed by atoms with Gasteiger partial charge in [-0.3, -0.25) is 0 Å². The molecular formula is C46H54N6O12. The number of nitrogens with zero attached hydrogens (tertiary/aromatic N) is 6. The van der Waals surface area contributed by atoms with E-state index in [1.807, 2.05) is 20.8 Å². The van der Waals surface area contributed by atoms with Gasteiger partial charge in [0.2, 0.25) is 0 Å². The van der Waals surface area contributed by atoms with E-state index in [0.717, 1.165) is 19.3 Å². The van der Waals surface area contributed by atoms with Gasteiger partial charge in [0.25, 0.3) is 0 Å². The van der Waals surface area contributed by atoms with E-state index in [2.05, 4.69) is 29.9 Å². The normalized spacial score (nSPS) is 10.7. The molecule has 0 aliphatic heterocycles. The predicted molar refractivity (Wildman–Crippen MR) is 237 cm³/mol. The number of ether oxygens (including phenoxy) is 8. The van der Waals surface area contributed by atoms with E-state index in [-0.39, 0.29) is 71.5 Å². The van der Waals surface area contributed by atoms with Crippen molar-refractivity contribution >= 4 is 0 Å². The lowest BCUT2D eigenvalue weighted by Crippen LogP contribution is -2.10. The van der Waals surface area contributed by atoms with E-state index in [9.17, 15) is 20.4 Å². The molecule has 0 bridgehead atoms. The molecule has 0 saturated heterocycles. The van der Waals surface area contributed by atoms with Gasteiger partial charge in [-0.05, 0) is 67.8 Å². The smallest absolute Gasteiger partial charge is 0.320 e. The number of phenolic OH excluding ortho intramolecular Hbond substituents is 4. The maximum absolute atomic E-state index is 10.6. The Labute approximate surface area is 371 Å². The summed E-state index contributed by atoms with van der Waals surface area (Å²) in [4.78, 5) is 26.2. The van der Waals surface area contributed by atoms with E-state index in [1.165, 1.54) is 38.5 Å². The Balaban J connectivity index is 0.000000241. The first-order valence-electron chi connectivity index (χ1n) is 20.6. The number of phenols is 4. The second-order valence-electron chi connectivity index (χ2n) is 13.7. The van der Waals surface area contributed by atoms with Crippen LogP contribution in [0.2, 0.25) is 0 Å². The molecule has 340 valence electrons. The minimum atomic E-state index is -0.0623. The molecule has 6 rings (SSSR count). The zero-order chi connectivity index (χ0) is 45.8. The molecular weight excluding hydrogens is 829 g/mol. The Kier molecular flexibility index (Phi) is 18.3. The summed E-state index contributed by atoms with van der Waals surface area (Å²) in [6, 6.07) is 19.5. The van der Waals surface area contributed by atoms with Gasteiger partial charge in [0.1, 0.15) is 59.2 Å². The number of aromatic hydroxyl groups is 4. The van der Waals surface area contributed by atoms with Gasteiger partial charge in [-0.15, -0.1) is 0 Å². The van der Waals surface area contributed by atoms with Crippen LogP contribution in [0.25, 0.3) is 45.6 Å². The highest BCUT2D eigenvalue weighted by Gasteiger charge is 2.19. The lowest BCUT2D eigenvalue weighted by molar-refractivity contribution is 0.0972. The summed E-state index contributed by atoms with van der Waals surface area (Å²) >= 11 is 0. The van der Waals surface area contributed by atoms with E-state index in [1.54, 1.807) is 55.6 Å². The summed E-state index contributed by atoms with van der Waals surface area (Å²) in [6.07, 6.45) is 2.62. The van der Waals surface area contributed by atoms with Crippen LogP contribution in [-0.2, 0) is 9.47 Å². The average molecular weight is 883 g/mol. The van der Waals surface area contributed by atoms with Crippen LogP contribution in [0.15, 0.2) is 72.8 Å². The standard InChI is InChI=1S/C24H29N3O6.C22H25N3O6/c1-4-10-31-16-6-8-18(20(28)14-16)22-25-23(27-24(26-22)33-13-12-30-3)19-9-7-17(15-21(19)29)32-11-5-2;1-4-9-30-10-11-31-22-24-20(16-7-5-14(28-2)12-18(16)26)23-21(25-22)17-8-6-15(29-3)13-19(17)27/h6-9,14-15,28-29H,4-5,10-13H2,1-3H3;5-8,12-13,26-27H,4,9-11H2,1-3H3. The van der Waals surface area contributed by atoms with E-state index >= 15 is 0 Å². The van der Waals surface area contributed by atoms with Crippen LogP contribution in [0, 0.1) is 0 Å². The Morgan fingerprint density at radius 3 is 1.05 bits per heavy atom. The molecule has 0 atom stereocenters. The van der Waals surface area contributed by atoms with Crippen molar-refractivity contribution in [2.45, 2.75) is 40.0 Å². The Hall–Kier alpha value is -7.18. The van der Waals surface area contributed by atoms with Gasteiger partial charge in [0, 0.05) is 38.0 Å². The van der Waals surface area contributed by atoms with Crippen molar-refractivity contribution in [1.82, 2.24) is 29.9 Å². The van der Waals surface area contributed by atoms with Crippen molar-refractivity contribution in [1.29, 1.82) is 0 Å². The first kappa shape index (κ1) is 47.9. The van der Waals surface area contributed by atoms with Crippen molar-refractivity contribution in [3.05, 3.63) is 72.8 Å². The fraction of sp³-hybridized carbons (Fsp3) is 0.348. The first-order valence-corrected chi connectivity index (χ1v) is 20.6. The van der Waals surface area contributed by atoms with Crippen LogP contribution in [0.1, 0.15) is 40.0 Å². The topological polar surface area (TPSA) is 232 Å². The van der Waals surface area contributed by atoms with Crippen molar-refractivity contribution in [2.24, 2.45) is 0 Å². The summed E-state index contributed by atoms with van der Waals surface area (Å²) in [6.45, 7) is 8.95. The molecule has 18 nitrogen and oxygen atoms in total. The maximum atomic E-state index is 10.6. The lowest BCUT2D eigenvalue weighted by Gasteiger charge is -2.12. The molecule has 4 N–H and O–H groups in total. The monoisotopic (exact) mass is 882 g/mol. The zero-order valence-corrected chi connectivity index (χ0v) is 36.7. The summed E-state index contributed by atoms with van der Waals surface area (Å²) in [5, 5.41) is 42.0. The maximum Gasteiger partial charge on any atom is 0.320 e. The highest BCUT2D eigenvalue weighted by Crippen LogP contribution is 2.37. The molecule has 64 heavy (non-hydrogen) atoms. The van der Waals surface area contributed by atoms with Crippen molar-refractivity contribution in [2.75, 3.05) is 67.6 Å². The Bertz CT molecular complexity index is 2270. The Morgan fingerprint density at radius 1 is 0.375 bits per heavy atom. The molecule has 2 aromatic heterocycles. The van der Waals surface area contributed by atoms with Gasteiger partial charge in [-0.25, -0.2) is 9.97 Å². The van der Waals surface area contributed by atoms with Crippen LogP contribution >= 0.6 is 0 Å². The van der Waals surface area contributed by atoms with Crippen molar-refractivity contribution in [3.63, 3.8) is 0 Å². The van der Waals surface area contributed by atoms with Crippen LogP contribution in [-0.4, -0.2) is 118 Å². The van der Waals surface area contributed by atoms with E-state index < -0.39 is 0 Å². The number of hydrogen-bond donors (Lipinski definition) is 4. The minimum absolute atomic E-state index is 0.0449. The van der Waals surface area contributed by atoms with Crippen LogP contribution in [0.5, 0.6) is 58.0 Å². The van der Waals surface area contributed by atoms with Gasteiger partial charge >= 0.3 is 12.0 Å². The second kappa shape index (κ2) is 24.5. The van der Waals surface area contributed by atoms with Gasteiger partial charge in [-0.2, -0.15) is 19.9 Å². The van der Waals surface area contributed by atoms with Crippen LogP contribution in [0.3, 0.4) is 0 Å². The van der Waals surface area contributed by atoms with Crippen molar-refractivity contribution < 1.29 is 58.3 Å². The van der Waals surface area contributed by atoms with E-state index in [4.69, 9.17) is 37.9 Å². The third-order valence-electron chi connectivity index (χ3n) is 8.81. The predicted octanol–water partition coefficient (Wildman–Crippen LogP) is 7.66. The first-order chi connectivity index (χ1) is 31.1. The zero-order valence-electron chi connectivity index (χ0n) is 36.7. The number of rotatable bonds is 22. The molecule has 0 aliphatic carbocycles. The molecule has 0 amide bonds. The number of hydrogen-bond acceptors (Lipinski definition) is 18. The summed E-state index contributed by atoms with van der Waals surface area (Å²) in [7, 11) is 4.58. The molecule has 4 aromatic carbocycles. The third kappa shape index (κ3) is 13.4. The molecule has 2 heterocycles. The molecule has 0 spiro atoms. The highest BCUT2D eigenvalue weighted by atomic mass is 16.5.